The van der Waals surface area contributed by atoms with E-state index in [1.165, 1.54) is 19.3 Å². The van der Waals surface area contributed by atoms with Gasteiger partial charge in [0.25, 0.3) is 0 Å². The largest absolute Gasteiger partial charge is 0.600 e. The number of quaternary nitrogens is 1. The van der Waals surface area contributed by atoms with Crippen LogP contribution in [0.4, 0.5) is 0 Å². The fourth-order valence-corrected chi connectivity index (χ4v) is 7.06. The van der Waals surface area contributed by atoms with E-state index in [2.05, 4.69) is 19.9 Å². The number of fused-ring (bicyclic) bond motifs is 5. The maximum Gasteiger partial charge on any atom is 0.139 e. The lowest BCUT2D eigenvalue weighted by Gasteiger charge is -2.59. The Labute approximate surface area is 144 Å². The fourth-order valence-electron chi connectivity index (χ4n) is 7.06. The standard InChI is InChI=1S/C20H31NO3/c1-19-9-7-13(12-21(23)24)11-14(19)3-4-15-16-5-6-18(22)20(16,2)10-8-17(15)19/h7,14-17,21,23H,3-6,8-12H2,1-2H3/t14-,15+,16-,17-,19-,20-/m0/s1. The summed E-state index contributed by atoms with van der Waals surface area (Å²) < 4.78 is 0. The minimum absolute atomic E-state index is 0.0384. The minimum atomic E-state index is -0.698. The molecular formula is C20H31NO3. The van der Waals surface area contributed by atoms with Crippen LogP contribution in [0.25, 0.3) is 0 Å². The summed E-state index contributed by atoms with van der Waals surface area (Å²) in [5.74, 6) is 3.20. The van der Waals surface area contributed by atoms with Crippen LogP contribution >= 0.6 is 0 Å². The zero-order valence-electron chi connectivity index (χ0n) is 15.0. The van der Waals surface area contributed by atoms with Gasteiger partial charge in [0.1, 0.15) is 12.3 Å². The van der Waals surface area contributed by atoms with E-state index in [0.717, 1.165) is 43.6 Å². The molecule has 7 atom stereocenters. The molecule has 4 heteroatoms. The van der Waals surface area contributed by atoms with Crippen molar-refractivity contribution in [2.75, 3.05) is 6.54 Å². The molecule has 0 spiro atoms. The minimum Gasteiger partial charge on any atom is -0.600 e. The summed E-state index contributed by atoms with van der Waals surface area (Å²) in [5, 5.41) is 19.5. The number of hydrogen-bond acceptors (Lipinski definition) is 3. The smallest absolute Gasteiger partial charge is 0.139 e. The zero-order valence-corrected chi connectivity index (χ0v) is 15.0. The Balaban J connectivity index is 1.58. The monoisotopic (exact) mass is 333 g/mol. The van der Waals surface area contributed by atoms with Crippen LogP contribution < -0.4 is 5.23 Å². The van der Waals surface area contributed by atoms with Crippen LogP contribution in [0.1, 0.15) is 65.2 Å². The number of carbonyl (C=O) groups is 1. The van der Waals surface area contributed by atoms with Crippen LogP contribution in [0.15, 0.2) is 11.6 Å². The molecule has 0 saturated heterocycles. The van der Waals surface area contributed by atoms with Crippen LogP contribution in [0.2, 0.25) is 0 Å². The average molecular weight is 333 g/mol. The summed E-state index contributed by atoms with van der Waals surface area (Å²) in [4.78, 5) is 12.4. The van der Waals surface area contributed by atoms with Gasteiger partial charge in [-0.3, -0.25) is 4.79 Å². The van der Waals surface area contributed by atoms with Gasteiger partial charge in [-0.15, -0.1) is 0 Å². The Bertz CT molecular complexity index is 571. The summed E-state index contributed by atoms with van der Waals surface area (Å²) in [6.07, 6.45) is 10.9. The molecule has 0 aromatic heterocycles. The molecule has 0 aromatic rings. The molecule has 0 amide bonds. The van der Waals surface area contributed by atoms with E-state index in [1.54, 1.807) is 0 Å². The van der Waals surface area contributed by atoms with E-state index in [0.29, 0.717) is 29.0 Å². The van der Waals surface area contributed by atoms with Crippen LogP contribution in [0.3, 0.4) is 0 Å². The van der Waals surface area contributed by atoms with E-state index < -0.39 is 5.23 Å². The molecule has 4 aliphatic rings. The van der Waals surface area contributed by atoms with E-state index in [-0.39, 0.29) is 12.0 Å². The van der Waals surface area contributed by atoms with Crippen molar-refractivity contribution in [1.82, 2.24) is 0 Å². The number of nitrogens with one attached hydrogen (secondary N) is 1. The van der Waals surface area contributed by atoms with Gasteiger partial charge < -0.3 is 5.21 Å². The average Bonchev–Trinajstić information content (AvgIpc) is 2.83. The maximum atomic E-state index is 12.4. The third kappa shape index (κ3) is 2.33. The zero-order chi connectivity index (χ0) is 17.1. The lowest BCUT2D eigenvalue weighted by Crippen LogP contribution is -3.04. The van der Waals surface area contributed by atoms with Gasteiger partial charge in [0, 0.05) is 11.8 Å². The molecule has 4 rings (SSSR count). The number of rotatable bonds is 2. The van der Waals surface area contributed by atoms with Gasteiger partial charge in [-0.05, 0) is 79.6 Å². The second-order valence-electron chi connectivity index (χ2n) is 9.42. The Hall–Kier alpha value is -0.710. The highest BCUT2D eigenvalue weighted by atomic mass is 16.8. The molecule has 2 N–H and O–H groups in total. The number of ketones is 1. The van der Waals surface area contributed by atoms with Crippen molar-refractivity contribution in [2.24, 2.45) is 34.5 Å². The van der Waals surface area contributed by atoms with Gasteiger partial charge in [0.15, 0.2) is 0 Å². The van der Waals surface area contributed by atoms with Crippen molar-refractivity contribution in [1.29, 1.82) is 0 Å². The molecule has 0 aromatic carbocycles. The normalized spacial score (nSPS) is 49.0. The highest BCUT2D eigenvalue weighted by Gasteiger charge is 2.59. The highest BCUT2D eigenvalue weighted by Crippen LogP contribution is 2.65. The first-order chi connectivity index (χ1) is 11.3. The maximum absolute atomic E-state index is 12.4. The molecule has 3 fully saturated rings. The summed E-state index contributed by atoms with van der Waals surface area (Å²) in [6, 6.07) is 0. The fraction of sp³-hybridized carbons (Fsp3) is 0.850. The van der Waals surface area contributed by atoms with E-state index in [9.17, 15) is 10.0 Å². The third-order valence-corrected chi connectivity index (χ3v) is 8.49. The molecule has 0 aliphatic heterocycles. The Kier molecular flexibility index (Phi) is 3.94. The molecule has 4 nitrogen and oxygen atoms in total. The van der Waals surface area contributed by atoms with Crippen LogP contribution in [-0.2, 0) is 4.79 Å². The first-order valence-electron chi connectivity index (χ1n) is 9.77. The Morgan fingerprint density at radius 1 is 1.25 bits per heavy atom. The van der Waals surface area contributed by atoms with Gasteiger partial charge in [-0.1, -0.05) is 19.9 Å². The van der Waals surface area contributed by atoms with Crippen molar-refractivity contribution >= 4 is 5.78 Å². The number of carbonyl (C=O) groups excluding carboxylic acids is 1. The first kappa shape index (κ1) is 16.7. The van der Waals surface area contributed by atoms with Gasteiger partial charge in [0.05, 0.1) is 0 Å². The van der Waals surface area contributed by atoms with Crippen molar-refractivity contribution < 1.29 is 15.2 Å². The molecule has 0 radical (unpaired) electrons. The predicted octanol–water partition coefficient (Wildman–Crippen LogP) is 2.91. The molecule has 0 bridgehead atoms. The molecule has 4 aliphatic carbocycles. The van der Waals surface area contributed by atoms with Gasteiger partial charge in [-0.2, -0.15) is 0 Å². The first-order valence-corrected chi connectivity index (χ1v) is 9.77. The summed E-state index contributed by atoms with van der Waals surface area (Å²) >= 11 is 0. The van der Waals surface area contributed by atoms with Gasteiger partial charge in [-0.25, -0.2) is 10.4 Å². The lowest BCUT2D eigenvalue weighted by molar-refractivity contribution is -1.04. The molecule has 0 heterocycles. The van der Waals surface area contributed by atoms with Crippen molar-refractivity contribution in [2.45, 2.75) is 65.2 Å². The van der Waals surface area contributed by atoms with E-state index in [4.69, 9.17) is 5.21 Å². The summed E-state index contributed by atoms with van der Waals surface area (Å²) in [7, 11) is 0. The number of allylic oxidation sites excluding steroid dienone is 1. The molecule has 3 saturated carbocycles. The van der Waals surface area contributed by atoms with Crippen molar-refractivity contribution in [3.05, 3.63) is 16.9 Å². The molecular weight excluding hydrogens is 302 g/mol. The van der Waals surface area contributed by atoms with Gasteiger partial charge in [0.2, 0.25) is 0 Å². The topological polar surface area (TPSA) is 64.8 Å². The van der Waals surface area contributed by atoms with E-state index >= 15 is 0 Å². The van der Waals surface area contributed by atoms with Crippen molar-refractivity contribution in [3.8, 4) is 0 Å². The summed E-state index contributed by atoms with van der Waals surface area (Å²) in [5.41, 5.74) is 1.42. The third-order valence-electron chi connectivity index (χ3n) is 8.49. The predicted molar refractivity (Wildman–Crippen MR) is 91.2 cm³/mol. The lowest BCUT2D eigenvalue weighted by atomic mass is 9.45. The second kappa shape index (κ2) is 5.65. The Morgan fingerprint density at radius 3 is 2.79 bits per heavy atom. The number of hydrogen-bond donors (Lipinski definition) is 2. The SMILES string of the molecule is C[C@]12CC=C(C[NH+]([O-])O)C[C@@H]1CC[C@H]1[C@@H]2CC[C@]2(C)C(=O)CC[C@@H]12. The van der Waals surface area contributed by atoms with Crippen LogP contribution in [0, 0.1) is 39.7 Å². The van der Waals surface area contributed by atoms with Crippen LogP contribution in [-0.4, -0.2) is 17.5 Å². The highest BCUT2D eigenvalue weighted by molar-refractivity contribution is 5.87. The molecule has 24 heavy (non-hydrogen) atoms. The summed E-state index contributed by atoms with van der Waals surface area (Å²) in [6.45, 7) is 4.92. The number of Topliss-reactive ketones (excluding diaryl/α,β-unsaturated/α-hetero) is 1. The Morgan fingerprint density at radius 2 is 2.04 bits per heavy atom. The van der Waals surface area contributed by atoms with Gasteiger partial charge >= 0.3 is 0 Å². The quantitative estimate of drug-likeness (QED) is 0.603. The van der Waals surface area contributed by atoms with Crippen molar-refractivity contribution in [3.63, 3.8) is 0 Å². The molecule has 134 valence electrons. The number of hydroxylamine groups is 2. The second-order valence-corrected chi connectivity index (χ2v) is 9.42. The molecule has 1 unspecified atom stereocenters. The van der Waals surface area contributed by atoms with E-state index in [1.807, 2.05) is 0 Å². The van der Waals surface area contributed by atoms with Crippen LogP contribution in [0.5, 0.6) is 0 Å².